The van der Waals surface area contributed by atoms with E-state index in [2.05, 4.69) is 28.7 Å². The minimum atomic E-state index is 0.721. The molecule has 0 aliphatic rings. The fraction of sp³-hybridized carbons (Fsp3) is 0.333. The van der Waals surface area contributed by atoms with Crippen LogP contribution in [0.5, 0.6) is 0 Å². The van der Waals surface area contributed by atoms with Crippen LogP contribution in [0.25, 0.3) is 0 Å². The summed E-state index contributed by atoms with van der Waals surface area (Å²) in [7, 11) is 0. The van der Waals surface area contributed by atoms with Gasteiger partial charge in [-0.15, -0.1) is 11.6 Å². The lowest BCUT2D eigenvalue weighted by Gasteiger charge is -2.02. The van der Waals surface area contributed by atoms with E-state index in [-0.39, 0.29) is 0 Å². The second-order valence-electron chi connectivity index (χ2n) is 2.53. The van der Waals surface area contributed by atoms with Crippen molar-refractivity contribution in [3.8, 4) is 0 Å². The van der Waals surface area contributed by atoms with Gasteiger partial charge in [-0.05, 0) is 53.1 Å². The second-order valence-corrected chi connectivity index (χ2v) is 4.50. The molecule has 3 heteroatoms. The van der Waals surface area contributed by atoms with Crippen LogP contribution in [0.15, 0.2) is 18.2 Å². The van der Waals surface area contributed by atoms with Gasteiger partial charge in [-0.25, -0.2) is 0 Å². The molecule has 0 aromatic heterocycles. The number of halogens is 3. The molecule has 0 bridgehead atoms. The highest BCUT2D eigenvalue weighted by Crippen LogP contribution is 2.19. The Bertz CT molecular complexity index is 261. The van der Waals surface area contributed by atoms with E-state index in [4.69, 9.17) is 23.2 Å². The SMILES string of the molecule is ClCCCc1ccc(Cl)cc1I. The normalized spacial score (nSPS) is 10.2. The van der Waals surface area contributed by atoms with Crippen molar-refractivity contribution < 1.29 is 0 Å². The predicted octanol–water partition coefficient (Wildman–Crippen LogP) is 4.12. The monoisotopic (exact) mass is 314 g/mol. The number of benzene rings is 1. The van der Waals surface area contributed by atoms with Crippen molar-refractivity contribution in [1.29, 1.82) is 0 Å². The molecule has 1 rings (SSSR count). The molecule has 0 atom stereocenters. The number of aryl methyl sites for hydroxylation is 1. The summed E-state index contributed by atoms with van der Waals surface area (Å²) in [6.07, 6.45) is 2.07. The maximum atomic E-state index is 5.82. The fourth-order valence-corrected chi connectivity index (χ4v) is 2.26. The van der Waals surface area contributed by atoms with Gasteiger partial charge in [0.25, 0.3) is 0 Å². The third kappa shape index (κ3) is 3.11. The quantitative estimate of drug-likeness (QED) is 0.581. The summed E-state index contributed by atoms with van der Waals surface area (Å²) in [5.74, 6) is 0.721. The summed E-state index contributed by atoms with van der Waals surface area (Å²) < 4.78 is 1.23. The molecule has 0 unspecified atom stereocenters. The van der Waals surface area contributed by atoms with E-state index in [1.54, 1.807) is 0 Å². The van der Waals surface area contributed by atoms with Crippen molar-refractivity contribution in [2.75, 3.05) is 5.88 Å². The summed E-state index contributed by atoms with van der Waals surface area (Å²) in [6.45, 7) is 0. The molecule has 66 valence electrons. The molecule has 1 aromatic rings. The third-order valence-corrected chi connectivity index (χ3v) is 3.10. The van der Waals surface area contributed by atoms with Gasteiger partial charge in [0.15, 0.2) is 0 Å². The minimum Gasteiger partial charge on any atom is -0.127 e. The Kier molecular flexibility index (Phi) is 4.69. The van der Waals surface area contributed by atoms with Gasteiger partial charge < -0.3 is 0 Å². The molecule has 1 aromatic carbocycles. The van der Waals surface area contributed by atoms with E-state index in [1.807, 2.05) is 12.1 Å². The first-order valence-corrected chi connectivity index (χ1v) is 5.73. The highest BCUT2D eigenvalue weighted by molar-refractivity contribution is 14.1. The molecule has 0 heterocycles. The molecular weight excluding hydrogens is 306 g/mol. The van der Waals surface area contributed by atoms with Gasteiger partial charge in [-0.1, -0.05) is 17.7 Å². The molecule has 12 heavy (non-hydrogen) atoms. The van der Waals surface area contributed by atoms with E-state index < -0.39 is 0 Å². The van der Waals surface area contributed by atoms with Crippen molar-refractivity contribution >= 4 is 45.8 Å². The van der Waals surface area contributed by atoms with Gasteiger partial charge in [-0.3, -0.25) is 0 Å². The molecule has 0 nitrogen and oxygen atoms in total. The van der Waals surface area contributed by atoms with Gasteiger partial charge in [-0.2, -0.15) is 0 Å². The van der Waals surface area contributed by atoms with Crippen molar-refractivity contribution in [3.63, 3.8) is 0 Å². The van der Waals surface area contributed by atoms with Crippen molar-refractivity contribution in [2.45, 2.75) is 12.8 Å². The lowest BCUT2D eigenvalue weighted by atomic mass is 10.1. The lowest BCUT2D eigenvalue weighted by Crippen LogP contribution is -1.89. The van der Waals surface area contributed by atoms with Crippen LogP contribution in [-0.4, -0.2) is 5.88 Å². The van der Waals surface area contributed by atoms with Gasteiger partial charge in [0, 0.05) is 14.5 Å². The largest absolute Gasteiger partial charge is 0.127 e. The maximum absolute atomic E-state index is 5.82. The Hall–Kier alpha value is 0.530. The van der Waals surface area contributed by atoms with E-state index in [9.17, 15) is 0 Å². The first-order chi connectivity index (χ1) is 5.74. The Balaban J connectivity index is 2.72. The molecule has 0 aliphatic heterocycles. The van der Waals surface area contributed by atoms with Gasteiger partial charge in [0.2, 0.25) is 0 Å². The maximum Gasteiger partial charge on any atom is 0.0416 e. The third-order valence-electron chi connectivity index (χ3n) is 1.59. The highest BCUT2D eigenvalue weighted by atomic mass is 127. The molecule has 0 N–H and O–H groups in total. The number of alkyl halides is 1. The van der Waals surface area contributed by atoms with Crippen LogP contribution in [0.2, 0.25) is 5.02 Å². The van der Waals surface area contributed by atoms with E-state index in [0.717, 1.165) is 23.7 Å². The zero-order valence-electron chi connectivity index (χ0n) is 6.49. The van der Waals surface area contributed by atoms with Crippen LogP contribution in [-0.2, 0) is 6.42 Å². The zero-order valence-corrected chi connectivity index (χ0v) is 10.2. The minimum absolute atomic E-state index is 0.721. The van der Waals surface area contributed by atoms with Crippen molar-refractivity contribution in [1.82, 2.24) is 0 Å². The molecule has 0 spiro atoms. The second kappa shape index (κ2) is 5.30. The number of hydrogen-bond donors (Lipinski definition) is 0. The van der Waals surface area contributed by atoms with Crippen molar-refractivity contribution in [2.24, 2.45) is 0 Å². The van der Waals surface area contributed by atoms with Crippen LogP contribution >= 0.6 is 45.8 Å². The topological polar surface area (TPSA) is 0 Å². The highest BCUT2D eigenvalue weighted by Gasteiger charge is 1.99. The summed E-state index contributed by atoms with van der Waals surface area (Å²) in [5.41, 5.74) is 1.33. The Morgan fingerprint density at radius 3 is 2.67 bits per heavy atom. The summed E-state index contributed by atoms with van der Waals surface area (Å²) in [5, 5.41) is 0.800. The lowest BCUT2D eigenvalue weighted by molar-refractivity contribution is 0.923. The van der Waals surface area contributed by atoms with Gasteiger partial charge >= 0.3 is 0 Å². The van der Waals surface area contributed by atoms with Crippen LogP contribution in [0.4, 0.5) is 0 Å². The average molecular weight is 315 g/mol. The van der Waals surface area contributed by atoms with Gasteiger partial charge in [0.1, 0.15) is 0 Å². The van der Waals surface area contributed by atoms with Crippen LogP contribution in [0.3, 0.4) is 0 Å². The number of hydrogen-bond acceptors (Lipinski definition) is 0. The van der Waals surface area contributed by atoms with Crippen LogP contribution in [0.1, 0.15) is 12.0 Å². The zero-order chi connectivity index (χ0) is 8.97. The molecule has 0 saturated heterocycles. The standard InChI is InChI=1S/C9H9Cl2I/c10-5-1-2-7-3-4-8(11)6-9(7)12/h3-4,6H,1-2,5H2. The Morgan fingerprint density at radius 2 is 2.08 bits per heavy atom. The summed E-state index contributed by atoms with van der Waals surface area (Å²) in [6, 6.07) is 5.97. The summed E-state index contributed by atoms with van der Waals surface area (Å²) in [4.78, 5) is 0. The molecule has 0 radical (unpaired) electrons. The van der Waals surface area contributed by atoms with E-state index >= 15 is 0 Å². The smallest absolute Gasteiger partial charge is 0.0416 e. The first kappa shape index (κ1) is 10.6. The Morgan fingerprint density at radius 1 is 1.33 bits per heavy atom. The summed E-state index contributed by atoms with van der Waals surface area (Å²) >= 11 is 13.7. The van der Waals surface area contributed by atoms with Crippen LogP contribution < -0.4 is 0 Å². The van der Waals surface area contributed by atoms with E-state index in [1.165, 1.54) is 9.13 Å². The van der Waals surface area contributed by atoms with Crippen LogP contribution in [0, 0.1) is 3.57 Å². The molecule has 0 aliphatic carbocycles. The van der Waals surface area contributed by atoms with E-state index in [0.29, 0.717) is 0 Å². The first-order valence-electron chi connectivity index (χ1n) is 3.74. The fourth-order valence-electron chi connectivity index (χ4n) is 0.982. The Labute approximate surface area is 96.4 Å². The molecular formula is C9H9Cl2I. The molecule has 0 fully saturated rings. The molecule has 0 saturated carbocycles. The average Bonchev–Trinajstić information content (AvgIpc) is 2.03. The van der Waals surface area contributed by atoms with Gasteiger partial charge in [0.05, 0.1) is 0 Å². The predicted molar refractivity (Wildman–Crippen MR) is 63.2 cm³/mol. The molecule has 0 amide bonds. The number of rotatable bonds is 3. The van der Waals surface area contributed by atoms with Crippen molar-refractivity contribution in [3.05, 3.63) is 32.4 Å².